The van der Waals surface area contributed by atoms with Gasteiger partial charge in [-0.2, -0.15) is 10.2 Å². The third-order valence-electron chi connectivity index (χ3n) is 6.31. The van der Waals surface area contributed by atoms with Gasteiger partial charge in [-0.15, -0.1) is 0 Å². The minimum atomic E-state index is -0.428. The van der Waals surface area contributed by atoms with Crippen molar-refractivity contribution in [3.8, 4) is 5.69 Å². The lowest BCUT2D eigenvalue weighted by Crippen LogP contribution is -2.19. The molecule has 1 aliphatic heterocycles. The third-order valence-corrected chi connectivity index (χ3v) is 6.31. The van der Waals surface area contributed by atoms with E-state index in [1.165, 1.54) is 0 Å². The van der Waals surface area contributed by atoms with Gasteiger partial charge in [0.15, 0.2) is 11.3 Å². The Balaban J connectivity index is 1.23. The molecule has 0 saturated carbocycles. The maximum absolute atomic E-state index is 15.4. The molecule has 2 N–H and O–H groups in total. The molecule has 5 aromatic rings. The molecular weight excluding hydrogens is 451 g/mol. The van der Waals surface area contributed by atoms with Gasteiger partial charge in [-0.3, -0.25) is 19.2 Å². The monoisotopic (exact) mass is 472 g/mol. The minimum absolute atomic E-state index is 0.197. The fourth-order valence-corrected chi connectivity index (χ4v) is 4.60. The number of amides is 1. The number of pyridine rings is 2. The van der Waals surface area contributed by atoms with Crippen LogP contribution >= 0.6 is 0 Å². The van der Waals surface area contributed by atoms with Crippen LogP contribution in [0.5, 0.6) is 0 Å². The van der Waals surface area contributed by atoms with Crippen molar-refractivity contribution in [2.45, 2.75) is 19.6 Å². The van der Waals surface area contributed by atoms with E-state index in [2.05, 4.69) is 30.4 Å². The Morgan fingerprint density at radius 2 is 2.00 bits per heavy atom. The first kappa shape index (κ1) is 21.2. The number of rotatable bonds is 4. The van der Waals surface area contributed by atoms with Gasteiger partial charge in [0.05, 0.1) is 23.1 Å². The van der Waals surface area contributed by atoms with E-state index in [1.54, 1.807) is 54.1 Å². The topological polar surface area (TPSA) is 114 Å². The van der Waals surface area contributed by atoms with Gasteiger partial charge in [0.2, 0.25) is 0 Å². The van der Waals surface area contributed by atoms with Crippen LogP contribution in [-0.4, -0.2) is 47.4 Å². The molecule has 5 heterocycles. The van der Waals surface area contributed by atoms with Gasteiger partial charge in [0, 0.05) is 68.0 Å². The number of nitrogens with one attached hydrogen (secondary N) is 2. The molecule has 0 fully saturated rings. The summed E-state index contributed by atoms with van der Waals surface area (Å²) in [4.78, 5) is 33.0. The van der Waals surface area contributed by atoms with Crippen molar-refractivity contribution in [2.24, 2.45) is 7.05 Å². The number of H-pyrrole nitrogens is 1. The van der Waals surface area contributed by atoms with Gasteiger partial charge >= 0.3 is 0 Å². The normalized spacial score (nSPS) is 13.6. The summed E-state index contributed by atoms with van der Waals surface area (Å²) in [6.45, 7) is 1.57. The molecule has 0 radical (unpaired) electrons. The number of aryl methyl sites for hydroxylation is 1. The Hall–Kier alpha value is -4.38. The SMILES string of the molecule is CNC(=O)c1ccc(-n2cc3c(n2)CN(Cc2ccc4c([nH]c(=O)c5nn(C)cc54)c2F)C3)cn1. The first-order valence-electron chi connectivity index (χ1n) is 11.1. The fourth-order valence-electron chi connectivity index (χ4n) is 4.60. The molecule has 0 spiro atoms. The molecule has 35 heavy (non-hydrogen) atoms. The first-order valence-corrected chi connectivity index (χ1v) is 11.1. The summed E-state index contributed by atoms with van der Waals surface area (Å²) in [6.07, 6.45) is 5.26. The summed E-state index contributed by atoms with van der Waals surface area (Å²) in [5.41, 5.74) is 3.64. The maximum atomic E-state index is 15.4. The highest BCUT2D eigenvalue weighted by molar-refractivity contribution is 6.04. The third kappa shape index (κ3) is 3.48. The molecule has 0 aliphatic carbocycles. The number of aromatic nitrogens is 6. The largest absolute Gasteiger partial charge is 0.354 e. The van der Waals surface area contributed by atoms with Crippen molar-refractivity contribution < 1.29 is 9.18 Å². The van der Waals surface area contributed by atoms with Crippen molar-refractivity contribution in [3.63, 3.8) is 0 Å². The molecule has 176 valence electrons. The number of fused-ring (bicyclic) bond motifs is 4. The van der Waals surface area contributed by atoms with Gasteiger partial charge in [-0.05, 0) is 12.1 Å². The summed E-state index contributed by atoms with van der Waals surface area (Å²) in [5, 5.41) is 12.6. The van der Waals surface area contributed by atoms with E-state index in [0.29, 0.717) is 47.2 Å². The second-order valence-corrected chi connectivity index (χ2v) is 8.65. The van der Waals surface area contributed by atoms with E-state index >= 15 is 4.39 Å². The highest BCUT2D eigenvalue weighted by Gasteiger charge is 2.25. The van der Waals surface area contributed by atoms with E-state index in [-0.39, 0.29) is 11.4 Å². The zero-order chi connectivity index (χ0) is 24.3. The number of benzene rings is 1. The quantitative estimate of drug-likeness (QED) is 0.414. The van der Waals surface area contributed by atoms with E-state index in [9.17, 15) is 9.59 Å². The molecule has 6 rings (SSSR count). The van der Waals surface area contributed by atoms with E-state index in [0.717, 1.165) is 16.9 Å². The van der Waals surface area contributed by atoms with Crippen molar-refractivity contribution in [3.05, 3.63) is 81.5 Å². The lowest BCUT2D eigenvalue weighted by atomic mass is 10.1. The van der Waals surface area contributed by atoms with Crippen molar-refractivity contribution in [1.29, 1.82) is 0 Å². The Morgan fingerprint density at radius 3 is 2.74 bits per heavy atom. The van der Waals surface area contributed by atoms with Gasteiger partial charge in [0.1, 0.15) is 5.69 Å². The number of carbonyl (C=O) groups is 1. The van der Waals surface area contributed by atoms with Crippen LogP contribution in [0.15, 0.2) is 47.7 Å². The van der Waals surface area contributed by atoms with Crippen molar-refractivity contribution >= 4 is 27.7 Å². The summed E-state index contributed by atoms with van der Waals surface area (Å²) >= 11 is 0. The lowest BCUT2D eigenvalue weighted by molar-refractivity contribution is 0.0958. The number of carbonyl (C=O) groups excluding carboxylic acids is 1. The molecule has 1 aliphatic rings. The summed E-state index contributed by atoms with van der Waals surface area (Å²) in [6, 6.07) is 7.04. The second kappa shape index (κ2) is 7.84. The van der Waals surface area contributed by atoms with E-state index < -0.39 is 11.4 Å². The molecular formula is C24H21FN8O2. The Labute approximate surface area is 198 Å². The summed E-state index contributed by atoms with van der Waals surface area (Å²) < 4.78 is 18.7. The molecule has 1 aromatic carbocycles. The number of aromatic amines is 1. The smallest absolute Gasteiger partial charge is 0.276 e. The Morgan fingerprint density at radius 1 is 1.14 bits per heavy atom. The number of nitrogens with zero attached hydrogens (tertiary/aromatic N) is 6. The average molecular weight is 472 g/mol. The van der Waals surface area contributed by atoms with Crippen LogP contribution in [0.4, 0.5) is 4.39 Å². The molecule has 1 amide bonds. The van der Waals surface area contributed by atoms with Gasteiger partial charge in [-0.1, -0.05) is 12.1 Å². The molecule has 4 aromatic heterocycles. The molecule has 0 saturated heterocycles. The van der Waals surface area contributed by atoms with Crippen LogP contribution in [-0.2, 0) is 26.7 Å². The second-order valence-electron chi connectivity index (χ2n) is 8.65. The Bertz CT molecular complexity index is 1660. The van der Waals surface area contributed by atoms with Crippen LogP contribution < -0.4 is 10.9 Å². The highest BCUT2D eigenvalue weighted by Crippen LogP contribution is 2.28. The molecule has 10 nitrogen and oxygen atoms in total. The maximum Gasteiger partial charge on any atom is 0.276 e. The van der Waals surface area contributed by atoms with Gasteiger partial charge < -0.3 is 10.3 Å². The average Bonchev–Trinajstić information content (AvgIpc) is 3.54. The predicted molar refractivity (Wildman–Crippen MR) is 126 cm³/mol. The molecule has 0 atom stereocenters. The van der Waals surface area contributed by atoms with Crippen molar-refractivity contribution in [1.82, 2.24) is 39.7 Å². The fraction of sp³-hybridized carbons (Fsp3) is 0.208. The van der Waals surface area contributed by atoms with Crippen molar-refractivity contribution in [2.75, 3.05) is 7.05 Å². The van der Waals surface area contributed by atoms with E-state index in [4.69, 9.17) is 0 Å². The van der Waals surface area contributed by atoms with Crippen LogP contribution in [0.25, 0.3) is 27.5 Å². The van der Waals surface area contributed by atoms with Crippen LogP contribution in [0.2, 0.25) is 0 Å². The zero-order valence-corrected chi connectivity index (χ0v) is 19.0. The summed E-state index contributed by atoms with van der Waals surface area (Å²) in [7, 11) is 3.29. The van der Waals surface area contributed by atoms with Crippen LogP contribution in [0.1, 0.15) is 27.3 Å². The molecule has 11 heteroatoms. The minimum Gasteiger partial charge on any atom is -0.354 e. The number of hydrogen-bond donors (Lipinski definition) is 2. The van der Waals surface area contributed by atoms with Crippen LogP contribution in [0, 0.1) is 5.82 Å². The molecule has 0 unspecified atom stereocenters. The first-order chi connectivity index (χ1) is 16.9. The number of halogens is 1. The number of hydrogen-bond acceptors (Lipinski definition) is 6. The standard InChI is InChI=1S/C24H21FN8O2/c1-26-23(34)18-6-4-15(7-27-18)33-10-14-9-32(12-19(14)29-33)8-13-3-5-16-17-11-31(2)30-22(17)24(35)28-21(16)20(13)25/h3-7,10-11H,8-9,12H2,1-2H3,(H,26,34)(H,28,35). The van der Waals surface area contributed by atoms with Gasteiger partial charge in [0.25, 0.3) is 11.5 Å². The van der Waals surface area contributed by atoms with Gasteiger partial charge in [-0.25, -0.2) is 14.1 Å². The highest BCUT2D eigenvalue weighted by atomic mass is 19.1. The lowest BCUT2D eigenvalue weighted by Gasteiger charge is -2.16. The zero-order valence-electron chi connectivity index (χ0n) is 19.0. The van der Waals surface area contributed by atoms with Crippen LogP contribution in [0.3, 0.4) is 0 Å². The van der Waals surface area contributed by atoms with E-state index in [1.807, 2.05) is 12.3 Å². The summed E-state index contributed by atoms with van der Waals surface area (Å²) in [5.74, 6) is -0.674. The Kier molecular flexibility index (Phi) is 4.74. The predicted octanol–water partition coefficient (Wildman–Crippen LogP) is 2.01. The molecule has 0 bridgehead atoms.